The van der Waals surface area contributed by atoms with Crippen LogP contribution in [0.1, 0.15) is 5.56 Å². The second kappa shape index (κ2) is 4.41. The predicted octanol–water partition coefficient (Wildman–Crippen LogP) is 1.45. The molecule has 0 aliphatic carbocycles. The van der Waals surface area contributed by atoms with Crippen LogP contribution in [0.5, 0.6) is 0 Å². The van der Waals surface area contributed by atoms with Gasteiger partial charge in [0.05, 0.1) is 0 Å². The first kappa shape index (κ1) is 8.62. The van der Waals surface area contributed by atoms with Gasteiger partial charge in [-0.2, -0.15) is 0 Å². The van der Waals surface area contributed by atoms with Gasteiger partial charge in [0.25, 0.3) is 0 Å². The first-order chi connectivity index (χ1) is 5.29. The van der Waals surface area contributed by atoms with Crippen LogP contribution in [-0.4, -0.2) is 8.42 Å². The number of rotatable bonds is 3. The van der Waals surface area contributed by atoms with Gasteiger partial charge in [-0.15, -0.1) is 0 Å². The van der Waals surface area contributed by atoms with Gasteiger partial charge in [0.2, 0.25) is 0 Å². The van der Waals surface area contributed by atoms with E-state index in [0.29, 0.717) is 5.75 Å². The smallest absolute Gasteiger partial charge is 0.191 e. The maximum atomic E-state index is 10.2. The van der Waals surface area contributed by atoms with E-state index in [-0.39, 0.29) is 0 Å². The van der Waals surface area contributed by atoms with Crippen LogP contribution in [0.4, 0.5) is 0 Å². The van der Waals surface area contributed by atoms with E-state index in [9.17, 15) is 8.42 Å². The Balaban J connectivity index is 2.52. The Bertz CT molecular complexity index is 272. The lowest BCUT2D eigenvalue weighted by Gasteiger charge is -1.93. The molecule has 0 unspecified atom stereocenters. The van der Waals surface area contributed by atoms with Gasteiger partial charge in [0, 0.05) is 5.75 Å². The van der Waals surface area contributed by atoms with Crippen LogP contribution in [-0.2, 0) is 15.5 Å². The molecule has 0 saturated carbocycles. The van der Waals surface area contributed by atoms with Gasteiger partial charge in [0.15, 0.2) is 9.74 Å². The Kier molecular flexibility index (Phi) is 3.45. The van der Waals surface area contributed by atoms with Crippen molar-refractivity contribution in [3.63, 3.8) is 0 Å². The molecule has 0 aliphatic heterocycles. The summed E-state index contributed by atoms with van der Waals surface area (Å²) in [4.78, 5) is 0. The molecule has 0 spiro atoms. The SMILES string of the molecule is O=[SH](=O)SCc1ccccc1. The zero-order chi connectivity index (χ0) is 8.10. The molecule has 11 heavy (non-hydrogen) atoms. The molecule has 0 amide bonds. The van der Waals surface area contributed by atoms with Crippen LogP contribution < -0.4 is 0 Å². The quantitative estimate of drug-likeness (QED) is 0.576. The standard InChI is InChI=1S/C7H8O2S2/c8-11(9)10-6-7-4-2-1-3-5-7/h1-5,11H,6H2. The summed E-state index contributed by atoms with van der Waals surface area (Å²) in [6, 6.07) is 9.52. The minimum absolute atomic E-state index is 0.541. The zero-order valence-corrected chi connectivity index (χ0v) is 7.48. The van der Waals surface area contributed by atoms with Crippen molar-refractivity contribution in [2.75, 3.05) is 0 Å². The fraction of sp³-hybridized carbons (Fsp3) is 0.143. The first-order valence-corrected chi connectivity index (χ1v) is 5.87. The average Bonchev–Trinajstić information content (AvgIpc) is 2.03. The van der Waals surface area contributed by atoms with Crippen molar-refractivity contribution in [3.8, 4) is 0 Å². The molecule has 0 aliphatic rings. The summed E-state index contributed by atoms with van der Waals surface area (Å²) in [5.41, 5.74) is 1.04. The third-order valence-electron chi connectivity index (χ3n) is 1.18. The topological polar surface area (TPSA) is 34.1 Å². The lowest BCUT2D eigenvalue weighted by molar-refractivity contribution is 0.626. The van der Waals surface area contributed by atoms with Gasteiger partial charge in [0.1, 0.15) is 0 Å². The molecule has 60 valence electrons. The Morgan fingerprint density at radius 3 is 2.36 bits per heavy atom. The van der Waals surface area contributed by atoms with Crippen molar-refractivity contribution in [2.45, 2.75) is 5.75 Å². The minimum atomic E-state index is -2.31. The molecule has 0 heterocycles. The summed E-state index contributed by atoms with van der Waals surface area (Å²) < 4.78 is 20.3. The summed E-state index contributed by atoms with van der Waals surface area (Å²) in [5.74, 6) is 0.541. The summed E-state index contributed by atoms with van der Waals surface area (Å²) >= 11 is 0. The van der Waals surface area contributed by atoms with E-state index >= 15 is 0 Å². The van der Waals surface area contributed by atoms with Crippen molar-refractivity contribution >= 4 is 20.5 Å². The Labute approximate surface area is 71.0 Å². The first-order valence-electron chi connectivity index (χ1n) is 3.10. The lowest BCUT2D eigenvalue weighted by Crippen LogP contribution is -1.77. The third-order valence-corrected chi connectivity index (χ3v) is 2.87. The molecule has 0 saturated heterocycles. The minimum Gasteiger partial charge on any atom is -0.221 e. The van der Waals surface area contributed by atoms with Crippen molar-refractivity contribution in [1.29, 1.82) is 0 Å². The number of benzene rings is 1. The van der Waals surface area contributed by atoms with Crippen LogP contribution in [0.2, 0.25) is 0 Å². The van der Waals surface area contributed by atoms with E-state index in [0.717, 1.165) is 16.4 Å². The maximum Gasteiger partial charge on any atom is 0.191 e. The molecule has 1 aromatic rings. The highest BCUT2D eigenvalue weighted by atomic mass is 33.1. The second-order valence-corrected chi connectivity index (χ2v) is 4.65. The van der Waals surface area contributed by atoms with Crippen LogP contribution in [0, 0.1) is 0 Å². The molecule has 0 aromatic heterocycles. The molecule has 0 fully saturated rings. The summed E-state index contributed by atoms with van der Waals surface area (Å²) in [6.45, 7) is 0. The van der Waals surface area contributed by atoms with Crippen molar-refractivity contribution < 1.29 is 8.42 Å². The van der Waals surface area contributed by atoms with Crippen LogP contribution >= 0.6 is 10.8 Å². The largest absolute Gasteiger partial charge is 0.221 e. The molecule has 0 radical (unpaired) electrons. The van der Waals surface area contributed by atoms with Crippen molar-refractivity contribution in [3.05, 3.63) is 35.9 Å². The fourth-order valence-electron chi connectivity index (χ4n) is 0.701. The van der Waals surface area contributed by atoms with Crippen molar-refractivity contribution in [1.82, 2.24) is 0 Å². The van der Waals surface area contributed by atoms with Gasteiger partial charge in [-0.1, -0.05) is 30.3 Å². The molecule has 4 heteroatoms. The number of thiol groups is 1. The monoisotopic (exact) mass is 188 g/mol. The van der Waals surface area contributed by atoms with E-state index in [1.165, 1.54) is 0 Å². The normalized spacial score (nSPS) is 10.3. The van der Waals surface area contributed by atoms with E-state index < -0.39 is 9.74 Å². The second-order valence-electron chi connectivity index (χ2n) is 1.98. The number of hydrogen-bond donors (Lipinski definition) is 1. The van der Waals surface area contributed by atoms with Gasteiger partial charge in [-0.3, -0.25) is 0 Å². The molecular formula is C7H8O2S2. The molecule has 1 aromatic carbocycles. The lowest BCUT2D eigenvalue weighted by atomic mass is 10.2. The zero-order valence-electron chi connectivity index (χ0n) is 5.77. The highest BCUT2D eigenvalue weighted by Crippen LogP contribution is 2.10. The molecular weight excluding hydrogens is 180 g/mol. The van der Waals surface area contributed by atoms with Crippen LogP contribution in [0.15, 0.2) is 30.3 Å². The van der Waals surface area contributed by atoms with E-state index in [2.05, 4.69) is 0 Å². The van der Waals surface area contributed by atoms with E-state index in [1.54, 1.807) is 0 Å². The van der Waals surface area contributed by atoms with Crippen molar-refractivity contribution in [2.24, 2.45) is 0 Å². The Morgan fingerprint density at radius 2 is 1.82 bits per heavy atom. The molecule has 0 N–H and O–H groups in total. The van der Waals surface area contributed by atoms with Crippen LogP contribution in [0.25, 0.3) is 0 Å². The molecule has 0 atom stereocenters. The maximum absolute atomic E-state index is 10.2. The van der Waals surface area contributed by atoms with Gasteiger partial charge in [-0.05, 0) is 16.4 Å². The van der Waals surface area contributed by atoms with E-state index in [1.807, 2.05) is 30.3 Å². The fourth-order valence-corrected chi connectivity index (χ4v) is 1.91. The van der Waals surface area contributed by atoms with Gasteiger partial charge >= 0.3 is 0 Å². The Hall–Kier alpha value is -0.480. The molecule has 0 bridgehead atoms. The molecule has 1 rings (SSSR count). The highest BCUT2D eigenvalue weighted by molar-refractivity contribution is 8.64. The average molecular weight is 188 g/mol. The Morgan fingerprint density at radius 1 is 1.18 bits per heavy atom. The number of hydrogen-bond acceptors (Lipinski definition) is 3. The summed E-state index contributed by atoms with van der Waals surface area (Å²) in [5, 5.41) is 0. The third kappa shape index (κ3) is 3.43. The molecule has 2 nitrogen and oxygen atoms in total. The summed E-state index contributed by atoms with van der Waals surface area (Å²) in [7, 11) is -1.37. The van der Waals surface area contributed by atoms with Crippen LogP contribution in [0.3, 0.4) is 0 Å². The predicted molar refractivity (Wildman–Crippen MR) is 48.1 cm³/mol. The van der Waals surface area contributed by atoms with Gasteiger partial charge in [-0.25, -0.2) is 8.42 Å². The van der Waals surface area contributed by atoms with Gasteiger partial charge < -0.3 is 0 Å². The highest BCUT2D eigenvalue weighted by Gasteiger charge is 1.91. The van der Waals surface area contributed by atoms with E-state index in [4.69, 9.17) is 0 Å². The summed E-state index contributed by atoms with van der Waals surface area (Å²) in [6.07, 6.45) is 0.